The van der Waals surface area contributed by atoms with Gasteiger partial charge in [0.25, 0.3) is 0 Å². The third kappa shape index (κ3) is 6.34. The number of morpholine rings is 1. The van der Waals surface area contributed by atoms with E-state index in [2.05, 4.69) is 42.3 Å². The maximum Gasteiger partial charge on any atom is 0.331 e. The van der Waals surface area contributed by atoms with Gasteiger partial charge in [0, 0.05) is 47.9 Å². The van der Waals surface area contributed by atoms with Crippen molar-refractivity contribution in [1.82, 2.24) is 19.0 Å². The van der Waals surface area contributed by atoms with Gasteiger partial charge in [0.05, 0.1) is 35.8 Å². The molecule has 1 amide bonds. The zero-order valence-electron chi connectivity index (χ0n) is 25.3. The molecule has 0 radical (unpaired) electrons. The first-order valence-electron chi connectivity index (χ1n) is 15.0. The van der Waals surface area contributed by atoms with Gasteiger partial charge in [0.15, 0.2) is 0 Å². The van der Waals surface area contributed by atoms with Crippen LogP contribution < -0.4 is 10.6 Å². The second kappa shape index (κ2) is 13.3. The highest BCUT2D eigenvalue weighted by Crippen LogP contribution is 2.28. The summed E-state index contributed by atoms with van der Waals surface area (Å²) in [6, 6.07) is 14.4. The molecule has 0 atom stereocenters. The number of hydrogen-bond donors (Lipinski definition) is 1. The van der Waals surface area contributed by atoms with Crippen LogP contribution in [-0.4, -0.2) is 62.3 Å². The molecule has 0 aliphatic carbocycles. The van der Waals surface area contributed by atoms with Crippen LogP contribution in [0.1, 0.15) is 38.7 Å². The maximum atomic E-state index is 13.5. The Morgan fingerprint density at radius 2 is 1.91 bits per heavy atom. The summed E-state index contributed by atoms with van der Waals surface area (Å²) in [5.74, 6) is -0.915. The molecule has 43 heavy (non-hydrogen) atoms. The van der Waals surface area contributed by atoms with Gasteiger partial charge in [0.1, 0.15) is 6.54 Å². The van der Waals surface area contributed by atoms with Gasteiger partial charge in [-0.2, -0.15) is 0 Å². The van der Waals surface area contributed by atoms with Crippen LogP contribution in [0.3, 0.4) is 0 Å². The van der Waals surface area contributed by atoms with Gasteiger partial charge in [-0.25, -0.2) is 9.78 Å². The average molecular weight is 581 g/mol. The number of pyridine rings is 1. The van der Waals surface area contributed by atoms with Crippen LogP contribution >= 0.6 is 0 Å². The van der Waals surface area contributed by atoms with E-state index < -0.39 is 5.97 Å². The number of hydrogen-bond acceptors (Lipinski definition) is 4. The van der Waals surface area contributed by atoms with Crippen molar-refractivity contribution in [3.63, 3.8) is 0 Å². The van der Waals surface area contributed by atoms with Crippen molar-refractivity contribution in [2.75, 3.05) is 26.3 Å². The molecule has 5 rings (SSSR count). The molecule has 1 fully saturated rings. The van der Waals surface area contributed by atoms with Gasteiger partial charge in [-0.1, -0.05) is 51.1 Å². The molecule has 1 aliphatic heterocycles. The van der Waals surface area contributed by atoms with Gasteiger partial charge in [0.2, 0.25) is 5.91 Å². The minimum Gasteiger partial charge on any atom is -0.478 e. The number of aryl methyl sites for hydroxylation is 1. The highest BCUT2D eigenvalue weighted by Gasteiger charge is 2.22. The molecule has 1 N–H and O–H groups in total. The molecule has 0 unspecified atom stereocenters. The molecule has 8 heteroatoms. The van der Waals surface area contributed by atoms with E-state index in [1.165, 1.54) is 0 Å². The lowest BCUT2D eigenvalue weighted by Gasteiger charge is -2.27. The Morgan fingerprint density at radius 3 is 2.58 bits per heavy atom. The fourth-order valence-electron chi connectivity index (χ4n) is 5.77. The van der Waals surface area contributed by atoms with Crippen LogP contribution in [0.15, 0.2) is 60.3 Å². The topological polar surface area (TPSA) is 89.6 Å². The fourth-order valence-corrected chi connectivity index (χ4v) is 5.77. The molecule has 1 aromatic carbocycles. The first-order chi connectivity index (χ1) is 20.8. The number of aliphatic carboxylic acids is 1. The molecule has 4 heterocycles. The fraction of sp³-hybridized carbons (Fsp3) is 0.343. The summed E-state index contributed by atoms with van der Waals surface area (Å²) >= 11 is 0. The monoisotopic (exact) mass is 580 g/mol. The number of unbranched alkanes of at least 4 members (excludes halogenated alkanes) is 1. The van der Waals surface area contributed by atoms with Crippen molar-refractivity contribution in [3.8, 4) is 22.6 Å². The van der Waals surface area contributed by atoms with Crippen LogP contribution in [0.4, 0.5) is 0 Å². The van der Waals surface area contributed by atoms with Crippen LogP contribution in [0.5, 0.6) is 0 Å². The van der Waals surface area contributed by atoms with Gasteiger partial charge in [-0.3, -0.25) is 4.79 Å². The van der Waals surface area contributed by atoms with E-state index in [4.69, 9.17) is 9.72 Å². The second-order valence-corrected chi connectivity index (χ2v) is 11.0. The van der Waals surface area contributed by atoms with Crippen molar-refractivity contribution in [2.45, 2.75) is 46.1 Å². The Balaban J connectivity index is 1.68. The first kappa shape index (κ1) is 30.0. The summed E-state index contributed by atoms with van der Waals surface area (Å²) in [5, 5.41) is 12.2. The van der Waals surface area contributed by atoms with Gasteiger partial charge >= 0.3 is 5.97 Å². The highest BCUT2D eigenvalue weighted by molar-refractivity contribution is 5.89. The standard InChI is InChI=1S/C35H40N4O4/c1-5-7-9-29-28(14-11-25(6-2)35(41)42)24(3)39(23-33(40)38-18-20-43-21-19-38)34(29)27-13-15-30-26(22-27)12-16-31(36-30)32-10-8-17-37(32)4/h8,10-17,22H,3,5-7,9,18-21,23H2,1-2,4H3,(H,41,42)/b25-11+,28-14+. The number of fused-ring (bicyclic) bond motifs is 1. The summed E-state index contributed by atoms with van der Waals surface area (Å²) in [7, 11) is 2.01. The van der Waals surface area contributed by atoms with Crippen molar-refractivity contribution in [2.24, 2.45) is 7.05 Å². The van der Waals surface area contributed by atoms with E-state index in [9.17, 15) is 14.7 Å². The molecule has 0 bridgehead atoms. The molecule has 4 aromatic rings. The van der Waals surface area contributed by atoms with E-state index in [1.807, 2.05) is 53.9 Å². The van der Waals surface area contributed by atoms with E-state index in [0.29, 0.717) is 43.6 Å². The largest absolute Gasteiger partial charge is 0.478 e. The van der Waals surface area contributed by atoms with Crippen molar-refractivity contribution in [1.29, 1.82) is 0 Å². The predicted molar refractivity (Wildman–Crippen MR) is 171 cm³/mol. The summed E-state index contributed by atoms with van der Waals surface area (Å²) in [5.41, 5.74) is 6.16. The van der Waals surface area contributed by atoms with E-state index in [0.717, 1.165) is 63.6 Å². The highest BCUT2D eigenvalue weighted by atomic mass is 16.5. The summed E-state index contributed by atoms with van der Waals surface area (Å²) in [4.78, 5) is 32.1. The van der Waals surface area contributed by atoms with Gasteiger partial charge < -0.3 is 23.9 Å². The number of benzene rings is 1. The zero-order chi connectivity index (χ0) is 30.5. The van der Waals surface area contributed by atoms with E-state index in [1.54, 1.807) is 6.08 Å². The first-order valence-corrected chi connectivity index (χ1v) is 15.0. The number of carboxylic acids is 1. The molecule has 1 saturated heterocycles. The Kier molecular flexibility index (Phi) is 9.26. The third-order valence-corrected chi connectivity index (χ3v) is 8.23. The molecular formula is C35H40N4O4. The minimum atomic E-state index is -0.932. The number of carboxylic acid groups (broad SMARTS) is 1. The van der Waals surface area contributed by atoms with Crippen LogP contribution in [0.2, 0.25) is 0 Å². The maximum absolute atomic E-state index is 13.5. The summed E-state index contributed by atoms with van der Waals surface area (Å²) in [6.07, 6.45) is 8.70. The molecule has 1 aliphatic rings. The Morgan fingerprint density at radius 1 is 1.12 bits per heavy atom. The molecule has 0 spiro atoms. The van der Waals surface area contributed by atoms with Crippen LogP contribution in [-0.2, 0) is 34.3 Å². The molecule has 3 aromatic heterocycles. The minimum absolute atomic E-state index is 0.0167. The summed E-state index contributed by atoms with van der Waals surface area (Å²) in [6.45, 7) is 10.8. The van der Waals surface area contributed by atoms with Crippen LogP contribution in [0.25, 0.3) is 46.2 Å². The lowest BCUT2D eigenvalue weighted by atomic mass is 9.99. The van der Waals surface area contributed by atoms with Gasteiger partial charge in [-0.05, 0) is 60.7 Å². The number of carbonyl (C=O) groups excluding carboxylic acids is 1. The zero-order valence-corrected chi connectivity index (χ0v) is 25.3. The van der Waals surface area contributed by atoms with Crippen molar-refractivity contribution < 1.29 is 19.4 Å². The van der Waals surface area contributed by atoms with Gasteiger partial charge in [-0.15, -0.1) is 0 Å². The number of ether oxygens (including phenoxy) is 1. The number of amides is 1. The van der Waals surface area contributed by atoms with Crippen LogP contribution in [0, 0.1) is 0 Å². The molecule has 224 valence electrons. The number of allylic oxidation sites excluding steroid dienone is 1. The quantitative estimate of drug-likeness (QED) is 0.279. The normalized spacial score (nSPS) is 14.5. The predicted octanol–water partition coefficient (Wildman–Crippen LogP) is 4.52. The van der Waals surface area contributed by atoms with Crippen molar-refractivity contribution >= 4 is 35.4 Å². The Hall–Kier alpha value is -4.43. The average Bonchev–Trinajstić information content (AvgIpc) is 3.56. The molecular weight excluding hydrogens is 540 g/mol. The molecule has 8 nitrogen and oxygen atoms in total. The number of carbonyl (C=O) groups is 2. The second-order valence-electron chi connectivity index (χ2n) is 11.0. The number of aromatic nitrogens is 3. The smallest absolute Gasteiger partial charge is 0.331 e. The summed E-state index contributed by atoms with van der Waals surface area (Å²) < 4.78 is 9.54. The van der Waals surface area contributed by atoms with E-state index >= 15 is 0 Å². The number of rotatable bonds is 10. The Labute approximate surface area is 252 Å². The third-order valence-electron chi connectivity index (χ3n) is 8.23. The number of nitrogens with zero attached hydrogens (tertiary/aromatic N) is 4. The van der Waals surface area contributed by atoms with Crippen molar-refractivity contribution in [3.05, 3.63) is 76.4 Å². The molecule has 0 saturated carbocycles. The lowest BCUT2D eigenvalue weighted by molar-refractivity contribution is -0.136. The SMILES string of the molecule is C=c1/c(=C\C=C(/CC)C(=O)O)c(CCCC)c(-c2ccc3nc(-c4cccn4C)ccc3c2)n1CC(=O)N1CCOCC1. The van der Waals surface area contributed by atoms with E-state index in [-0.39, 0.29) is 12.5 Å². The Bertz CT molecular complexity index is 1790. The lowest BCUT2D eigenvalue weighted by Crippen LogP contribution is -2.43.